The van der Waals surface area contributed by atoms with E-state index in [1.165, 1.54) is 18.3 Å². The monoisotopic (exact) mass is 300 g/mol. The van der Waals surface area contributed by atoms with Crippen molar-refractivity contribution in [3.05, 3.63) is 11.1 Å². The van der Waals surface area contributed by atoms with E-state index in [0.717, 1.165) is 10.0 Å². The predicted octanol–water partition coefficient (Wildman–Crippen LogP) is 3.65. The molecule has 1 amide bonds. The lowest BCUT2D eigenvalue weighted by Gasteiger charge is -2.35. The SMILES string of the molecule is CC(=O)N(C)c1ncc(CO[Si](C)(C)C(C)(C)C)s1. The molecule has 108 valence electrons. The van der Waals surface area contributed by atoms with Crippen LogP contribution in [-0.2, 0) is 15.8 Å². The molecule has 0 unspecified atom stereocenters. The van der Waals surface area contributed by atoms with Crippen molar-refractivity contribution in [2.45, 2.75) is 52.4 Å². The van der Waals surface area contributed by atoms with Crippen LogP contribution < -0.4 is 4.90 Å². The molecular weight excluding hydrogens is 276 g/mol. The molecule has 1 heterocycles. The molecule has 0 spiro atoms. The minimum Gasteiger partial charge on any atom is -0.412 e. The average Bonchev–Trinajstić information content (AvgIpc) is 2.72. The number of hydrogen-bond donors (Lipinski definition) is 0. The zero-order valence-corrected chi connectivity index (χ0v) is 14.7. The van der Waals surface area contributed by atoms with Gasteiger partial charge in [-0.1, -0.05) is 32.1 Å². The summed E-state index contributed by atoms with van der Waals surface area (Å²) in [5.74, 6) is -0.00813. The summed E-state index contributed by atoms with van der Waals surface area (Å²) >= 11 is 1.51. The number of aromatic nitrogens is 1. The van der Waals surface area contributed by atoms with E-state index in [0.29, 0.717) is 6.61 Å². The molecule has 19 heavy (non-hydrogen) atoms. The van der Waals surface area contributed by atoms with Gasteiger partial charge in [0.15, 0.2) is 13.4 Å². The van der Waals surface area contributed by atoms with Crippen molar-refractivity contribution >= 4 is 30.7 Å². The van der Waals surface area contributed by atoms with Gasteiger partial charge in [-0.25, -0.2) is 4.98 Å². The van der Waals surface area contributed by atoms with Crippen LogP contribution in [0.15, 0.2) is 6.20 Å². The van der Waals surface area contributed by atoms with Gasteiger partial charge >= 0.3 is 0 Å². The first-order chi connectivity index (χ1) is 8.54. The van der Waals surface area contributed by atoms with Crippen LogP contribution in [0.1, 0.15) is 32.6 Å². The van der Waals surface area contributed by atoms with Gasteiger partial charge in [-0.2, -0.15) is 0 Å². The van der Waals surface area contributed by atoms with Gasteiger partial charge in [0.1, 0.15) is 0 Å². The molecule has 1 rings (SSSR count). The van der Waals surface area contributed by atoms with Gasteiger partial charge in [0, 0.05) is 20.2 Å². The Balaban J connectivity index is 2.68. The first-order valence-corrected chi connectivity index (χ1v) is 10.1. The van der Waals surface area contributed by atoms with Gasteiger partial charge in [-0.05, 0) is 18.1 Å². The quantitative estimate of drug-likeness (QED) is 0.797. The third kappa shape index (κ3) is 4.12. The molecule has 0 aliphatic carbocycles. The lowest BCUT2D eigenvalue weighted by Crippen LogP contribution is -2.40. The van der Waals surface area contributed by atoms with E-state index in [1.807, 2.05) is 0 Å². The van der Waals surface area contributed by atoms with Crippen molar-refractivity contribution in [1.29, 1.82) is 0 Å². The largest absolute Gasteiger partial charge is 0.412 e. The van der Waals surface area contributed by atoms with Crippen LogP contribution in [-0.4, -0.2) is 26.3 Å². The highest BCUT2D eigenvalue weighted by atomic mass is 32.1. The van der Waals surface area contributed by atoms with Crippen molar-refractivity contribution in [2.75, 3.05) is 11.9 Å². The number of carbonyl (C=O) groups is 1. The van der Waals surface area contributed by atoms with Crippen molar-refractivity contribution in [3.63, 3.8) is 0 Å². The molecule has 1 aromatic rings. The Bertz CT molecular complexity index is 452. The fraction of sp³-hybridized carbons (Fsp3) is 0.692. The molecule has 0 saturated carbocycles. The third-order valence-corrected chi connectivity index (χ3v) is 9.21. The minimum absolute atomic E-state index is 0.00813. The maximum atomic E-state index is 11.3. The van der Waals surface area contributed by atoms with E-state index in [4.69, 9.17) is 4.43 Å². The van der Waals surface area contributed by atoms with Crippen molar-refractivity contribution in [1.82, 2.24) is 4.98 Å². The Morgan fingerprint density at radius 3 is 2.53 bits per heavy atom. The number of thiazole rings is 1. The molecule has 1 aromatic heterocycles. The maximum absolute atomic E-state index is 11.3. The number of carbonyl (C=O) groups excluding carboxylic acids is 1. The first kappa shape index (κ1) is 16.3. The van der Waals surface area contributed by atoms with Crippen LogP contribution in [0.3, 0.4) is 0 Å². The fourth-order valence-electron chi connectivity index (χ4n) is 1.12. The highest BCUT2D eigenvalue weighted by molar-refractivity contribution is 7.15. The molecule has 0 saturated heterocycles. The molecule has 0 aliphatic rings. The summed E-state index contributed by atoms with van der Waals surface area (Å²) in [7, 11) is 0.00667. The fourth-order valence-corrected chi connectivity index (χ4v) is 3.00. The smallest absolute Gasteiger partial charge is 0.225 e. The van der Waals surface area contributed by atoms with E-state index in [9.17, 15) is 4.79 Å². The maximum Gasteiger partial charge on any atom is 0.225 e. The summed E-state index contributed by atoms with van der Waals surface area (Å²) in [5.41, 5.74) is 0. The third-order valence-electron chi connectivity index (χ3n) is 3.68. The molecule has 0 radical (unpaired) electrons. The van der Waals surface area contributed by atoms with Crippen molar-refractivity contribution in [3.8, 4) is 0 Å². The average molecular weight is 300 g/mol. The predicted molar refractivity (Wildman–Crippen MR) is 83.2 cm³/mol. The van der Waals surface area contributed by atoms with Crippen LogP contribution in [0.5, 0.6) is 0 Å². The zero-order chi connectivity index (χ0) is 14.8. The number of nitrogens with zero attached hydrogens (tertiary/aromatic N) is 2. The highest BCUT2D eigenvalue weighted by Crippen LogP contribution is 2.37. The van der Waals surface area contributed by atoms with E-state index in [2.05, 4.69) is 38.8 Å². The number of amides is 1. The van der Waals surface area contributed by atoms with Gasteiger partial charge in [0.05, 0.1) is 11.5 Å². The van der Waals surface area contributed by atoms with E-state index in [-0.39, 0.29) is 10.9 Å². The second-order valence-corrected chi connectivity index (χ2v) is 12.1. The summed E-state index contributed by atoms with van der Waals surface area (Å²) in [6.45, 7) is 13.3. The lowest BCUT2D eigenvalue weighted by molar-refractivity contribution is -0.116. The molecule has 0 bridgehead atoms. The van der Waals surface area contributed by atoms with Crippen LogP contribution in [0.2, 0.25) is 18.1 Å². The van der Waals surface area contributed by atoms with E-state index >= 15 is 0 Å². The molecule has 0 N–H and O–H groups in total. The van der Waals surface area contributed by atoms with Gasteiger partial charge < -0.3 is 4.43 Å². The first-order valence-electron chi connectivity index (χ1n) is 6.37. The van der Waals surface area contributed by atoms with Crippen LogP contribution in [0, 0.1) is 0 Å². The van der Waals surface area contributed by atoms with Crippen molar-refractivity contribution < 1.29 is 9.22 Å². The summed E-state index contributed by atoms with van der Waals surface area (Å²) in [4.78, 5) is 18.1. The summed E-state index contributed by atoms with van der Waals surface area (Å²) < 4.78 is 6.14. The zero-order valence-electron chi connectivity index (χ0n) is 12.9. The van der Waals surface area contributed by atoms with E-state index in [1.54, 1.807) is 18.1 Å². The van der Waals surface area contributed by atoms with E-state index < -0.39 is 8.32 Å². The molecule has 0 aliphatic heterocycles. The van der Waals surface area contributed by atoms with Gasteiger partial charge in [0.25, 0.3) is 0 Å². The summed E-state index contributed by atoms with van der Waals surface area (Å²) in [6, 6.07) is 0. The molecule has 4 nitrogen and oxygen atoms in total. The standard InChI is InChI=1S/C13H24N2O2SSi/c1-10(16)15(5)12-14-8-11(18-12)9-17-19(6,7)13(2,3)4/h8H,9H2,1-7H3. The summed E-state index contributed by atoms with van der Waals surface area (Å²) in [6.07, 6.45) is 1.80. The Hall–Kier alpha value is -0.723. The highest BCUT2D eigenvalue weighted by Gasteiger charge is 2.37. The van der Waals surface area contributed by atoms with Crippen LogP contribution >= 0.6 is 11.3 Å². The molecular formula is C13H24N2O2SSi. The lowest BCUT2D eigenvalue weighted by atomic mass is 10.2. The topological polar surface area (TPSA) is 42.4 Å². The summed E-state index contributed by atoms with van der Waals surface area (Å²) in [5, 5.41) is 0.929. The molecule has 0 aromatic carbocycles. The Morgan fingerprint density at radius 2 is 2.05 bits per heavy atom. The number of rotatable bonds is 4. The molecule has 0 fully saturated rings. The van der Waals surface area contributed by atoms with Crippen molar-refractivity contribution in [2.24, 2.45) is 0 Å². The molecule has 6 heteroatoms. The van der Waals surface area contributed by atoms with Crippen LogP contribution in [0.4, 0.5) is 5.13 Å². The molecule has 0 atom stereocenters. The Morgan fingerprint density at radius 1 is 1.47 bits per heavy atom. The minimum atomic E-state index is -1.73. The normalized spacial score (nSPS) is 12.6. The number of anilines is 1. The Kier molecular flexibility index (Phi) is 4.92. The van der Waals surface area contributed by atoms with Gasteiger partial charge in [0.2, 0.25) is 5.91 Å². The van der Waals surface area contributed by atoms with Gasteiger partial charge in [-0.15, -0.1) is 0 Å². The second-order valence-electron chi connectivity index (χ2n) is 6.24. The Labute approximate surface area is 120 Å². The number of hydrogen-bond acceptors (Lipinski definition) is 4. The second kappa shape index (κ2) is 5.72. The van der Waals surface area contributed by atoms with Crippen LogP contribution in [0.25, 0.3) is 0 Å². The van der Waals surface area contributed by atoms with Gasteiger partial charge in [-0.3, -0.25) is 9.69 Å².